The summed E-state index contributed by atoms with van der Waals surface area (Å²) in [4.78, 5) is 4.68. The molecule has 2 heterocycles. The lowest BCUT2D eigenvalue weighted by Gasteiger charge is -2.09. The first kappa shape index (κ1) is 21.3. The van der Waals surface area contributed by atoms with E-state index in [1.54, 1.807) is 7.11 Å². The number of ether oxygens (including phenoxy) is 1. The Balaban J connectivity index is 0.00000124. The Kier molecular flexibility index (Phi) is 6.37. The number of aryl methyl sites for hydroxylation is 1. The topological polar surface area (TPSA) is 63.7 Å². The molecule has 4 rings (SSSR count). The Morgan fingerprint density at radius 1 is 1.13 bits per heavy atom. The van der Waals surface area contributed by atoms with Crippen molar-refractivity contribution >= 4 is 21.8 Å². The van der Waals surface area contributed by atoms with Gasteiger partial charge in [0.15, 0.2) is 0 Å². The van der Waals surface area contributed by atoms with E-state index >= 15 is 0 Å². The van der Waals surface area contributed by atoms with Crippen molar-refractivity contribution < 1.29 is 4.74 Å². The summed E-state index contributed by atoms with van der Waals surface area (Å²) in [7, 11) is 1.68. The number of rotatable bonds is 4. The highest BCUT2D eigenvalue weighted by Crippen LogP contribution is 2.36. The Hall–Kier alpha value is -3.39. The van der Waals surface area contributed by atoms with E-state index in [4.69, 9.17) is 15.1 Å². The van der Waals surface area contributed by atoms with Gasteiger partial charge in [0, 0.05) is 28.9 Å². The lowest BCUT2D eigenvalue weighted by atomic mass is 10.0. The summed E-state index contributed by atoms with van der Waals surface area (Å²) >= 11 is 0. The van der Waals surface area contributed by atoms with Crippen LogP contribution in [0.4, 0.5) is 0 Å². The van der Waals surface area contributed by atoms with E-state index in [0.717, 1.165) is 50.9 Å². The lowest BCUT2D eigenvalue weighted by molar-refractivity contribution is 0.412. The number of hydrogen-bond donors (Lipinski definition) is 0. The monoisotopic (exact) mass is 400 g/mol. The summed E-state index contributed by atoms with van der Waals surface area (Å²) in [5.74, 6) is 1.29. The smallest absolute Gasteiger partial charge is 0.123 e. The number of aromatic nitrogens is 3. The molecule has 0 saturated heterocycles. The van der Waals surface area contributed by atoms with Crippen molar-refractivity contribution in [2.24, 2.45) is 5.92 Å². The molecule has 0 fully saturated rings. The maximum Gasteiger partial charge on any atom is 0.123 e. The Morgan fingerprint density at radius 2 is 1.83 bits per heavy atom. The van der Waals surface area contributed by atoms with Gasteiger partial charge in [0.05, 0.1) is 36.0 Å². The summed E-state index contributed by atoms with van der Waals surface area (Å²) in [6, 6.07) is 13.9. The van der Waals surface area contributed by atoms with E-state index in [1.807, 2.05) is 62.0 Å². The molecule has 0 atom stereocenters. The second-order valence-corrected chi connectivity index (χ2v) is 7.47. The molecule has 0 radical (unpaired) electrons. The highest BCUT2D eigenvalue weighted by atomic mass is 16.5. The number of hydrogen-bond acceptors (Lipinski definition) is 4. The Labute approximate surface area is 177 Å². The fourth-order valence-electron chi connectivity index (χ4n) is 3.60. The normalized spacial score (nSPS) is 10.7. The van der Waals surface area contributed by atoms with Gasteiger partial charge < -0.3 is 4.74 Å². The van der Waals surface area contributed by atoms with Crippen LogP contribution in [0.2, 0.25) is 0 Å². The quantitative estimate of drug-likeness (QED) is 0.414. The van der Waals surface area contributed by atoms with E-state index in [-0.39, 0.29) is 0 Å². The number of nitriles is 1. The van der Waals surface area contributed by atoms with Gasteiger partial charge in [-0.15, -0.1) is 0 Å². The van der Waals surface area contributed by atoms with Gasteiger partial charge in [0.2, 0.25) is 0 Å². The van der Waals surface area contributed by atoms with Gasteiger partial charge in [0.25, 0.3) is 0 Å². The zero-order valence-electron chi connectivity index (χ0n) is 18.5. The van der Waals surface area contributed by atoms with Crippen molar-refractivity contribution in [3.63, 3.8) is 0 Å². The number of benzene rings is 2. The van der Waals surface area contributed by atoms with Crippen LogP contribution in [0.1, 0.15) is 38.8 Å². The molecule has 0 aliphatic heterocycles. The third-order valence-corrected chi connectivity index (χ3v) is 4.93. The van der Waals surface area contributed by atoms with Crippen LogP contribution in [-0.2, 0) is 6.54 Å². The first-order valence-electron chi connectivity index (χ1n) is 10.4. The van der Waals surface area contributed by atoms with Gasteiger partial charge in [-0.25, -0.2) is 0 Å². The highest BCUT2D eigenvalue weighted by Gasteiger charge is 2.18. The van der Waals surface area contributed by atoms with Gasteiger partial charge in [-0.3, -0.25) is 9.67 Å². The van der Waals surface area contributed by atoms with E-state index in [1.165, 1.54) is 0 Å². The minimum atomic E-state index is 0.463. The van der Waals surface area contributed by atoms with Crippen LogP contribution in [0.3, 0.4) is 0 Å². The summed E-state index contributed by atoms with van der Waals surface area (Å²) in [6.07, 6.45) is 1.90. The van der Waals surface area contributed by atoms with Crippen LogP contribution in [0.25, 0.3) is 33.1 Å². The van der Waals surface area contributed by atoms with Crippen molar-refractivity contribution in [3.05, 3.63) is 53.7 Å². The lowest BCUT2D eigenvalue weighted by Crippen LogP contribution is -2.06. The first-order chi connectivity index (χ1) is 14.5. The van der Waals surface area contributed by atoms with Crippen molar-refractivity contribution in [2.45, 2.75) is 41.2 Å². The van der Waals surface area contributed by atoms with E-state index in [2.05, 4.69) is 31.0 Å². The van der Waals surface area contributed by atoms with E-state index < -0.39 is 0 Å². The van der Waals surface area contributed by atoms with Crippen LogP contribution in [0, 0.1) is 24.2 Å². The van der Waals surface area contributed by atoms with Crippen molar-refractivity contribution in [1.82, 2.24) is 14.8 Å². The maximum atomic E-state index is 9.11. The molecule has 0 aliphatic rings. The summed E-state index contributed by atoms with van der Waals surface area (Å²) in [5.41, 5.74) is 5.51. The Morgan fingerprint density at radius 3 is 2.43 bits per heavy atom. The number of pyridine rings is 1. The largest absolute Gasteiger partial charge is 0.496 e. The maximum absolute atomic E-state index is 9.11. The van der Waals surface area contributed by atoms with Gasteiger partial charge in [-0.05, 0) is 36.6 Å². The second kappa shape index (κ2) is 8.96. The molecule has 0 spiro atoms. The van der Waals surface area contributed by atoms with Crippen LogP contribution in [0.5, 0.6) is 5.75 Å². The Bertz CT molecular complexity index is 1210. The minimum absolute atomic E-state index is 0.463. The molecule has 0 amide bonds. The minimum Gasteiger partial charge on any atom is -0.496 e. The standard InChI is InChI=1S/C23H22N4O.C2H6/c1-14(2)13-27-20-12-25-19-10-21(28-4)15(3)9-18(19)22(20)23(26-27)17-7-5-16(11-24)6-8-17;1-2/h5-10,12,14H,13H2,1-4H3;1-2H3. The molecule has 0 saturated carbocycles. The SMILES string of the molecule is CC.COc1cc2ncc3c(c(-c4ccc(C#N)cc4)nn3CC(C)C)c2cc1C. The predicted molar refractivity (Wildman–Crippen MR) is 123 cm³/mol. The molecule has 2 aromatic carbocycles. The zero-order chi connectivity index (χ0) is 21.8. The van der Waals surface area contributed by atoms with Crippen molar-refractivity contribution in [3.8, 4) is 23.1 Å². The fraction of sp³-hybridized carbons (Fsp3) is 0.320. The molecule has 30 heavy (non-hydrogen) atoms. The number of nitrogens with zero attached hydrogens (tertiary/aromatic N) is 4. The van der Waals surface area contributed by atoms with Gasteiger partial charge in [-0.2, -0.15) is 10.4 Å². The molecule has 154 valence electrons. The number of methoxy groups -OCH3 is 1. The molecule has 2 aromatic heterocycles. The molecule has 5 nitrogen and oxygen atoms in total. The highest BCUT2D eigenvalue weighted by molar-refractivity contribution is 6.11. The molecule has 4 aromatic rings. The van der Waals surface area contributed by atoms with Crippen LogP contribution in [0.15, 0.2) is 42.6 Å². The van der Waals surface area contributed by atoms with Crippen LogP contribution in [-0.4, -0.2) is 21.9 Å². The molecule has 5 heteroatoms. The van der Waals surface area contributed by atoms with Crippen molar-refractivity contribution in [1.29, 1.82) is 5.26 Å². The molecule has 0 unspecified atom stereocenters. The third kappa shape index (κ3) is 3.86. The summed E-state index contributed by atoms with van der Waals surface area (Å²) < 4.78 is 7.51. The van der Waals surface area contributed by atoms with Gasteiger partial charge in [0.1, 0.15) is 11.4 Å². The molecular formula is C25H28N4O. The molecule has 0 bridgehead atoms. The molecule has 0 N–H and O–H groups in total. The number of fused-ring (bicyclic) bond motifs is 3. The average molecular weight is 401 g/mol. The molecule has 0 aliphatic carbocycles. The van der Waals surface area contributed by atoms with Gasteiger partial charge in [-0.1, -0.05) is 39.8 Å². The van der Waals surface area contributed by atoms with Crippen LogP contribution < -0.4 is 4.74 Å². The van der Waals surface area contributed by atoms with Crippen molar-refractivity contribution in [2.75, 3.05) is 7.11 Å². The first-order valence-corrected chi connectivity index (χ1v) is 10.4. The summed E-state index contributed by atoms with van der Waals surface area (Å²) in [5, 5.41) is 16.2. The van der Waals surface area contributed by atoms with Crippen LogP contribution >= 0.6 is 0 Å². The predicted octanol–water partition coefficient (Wildman–Crippen LogP) is 6.12. The van der Waals surface area contributed by atoms with E-state index in [0.29, 0.717) is 11.5 Å². The third-order valence-electron chi connectivity index (χ3n) is 4.93. The summed E-state index contributed by atoms with van der Waals surface area (Å²) in [6.45, 7) is 11.2. The van der Waals surface area contributed by atoms with E-state index in [9.17, 15) is 0 Å². The zero-order valence-corrected chi connectivity index (χ0v) is 18.5. The fourth-order valence-corrected chi connectivity index (χ4v) is 3.60. The van der Waals surface area contributed by atoms with Gasteiger partial charge >= 0.3 is 0 Å². The second-order valence-electron chi connectivity index (χ2n) is 7.47. The average Bonchev–Trinajstić information content (AvgIpc) is 3.13. The molecular weight excluding hydrogens is 372 g/mol.